The molecule has 0 bridgehead atoms. The number of nitriles is 1. The lowest BCUT2D eigenvalue weighted by Crippen LogP contribution is -2.19. The van der Waals surface area contributed by atoms with Crippen LogP contribution in [0.5, 0.6) is 0 Å². The Hall–Kier alpha value is -1.37. The van der Waals surface area contributed by atoms with Crippen molar-refractivity contribution in [1.29, 1.82) is 5.26 Å². The van der Waals surface area contributed by atoms with Crippen molar-refractivity contribution < 1.29 is 0 Å². The summed E-state index contributed by atoms with van der Waals surface area (Å²) < 4.78 is 0. The zero-order chi connectivity index (χ0) is 12.3. The minimum Gasteiger partial charge on any atom is -0.326 e. The molecule has 86 valence electrons. The number of benzene rings is 1. The molecule has 0 amide bonds. The van der Waals surface area contributed by atoms with Crippen LogP contribution in [-0.2, 0) is 12.0 Å². The molecular formula is C13H19N3. The highest BCUT2D eigenvalue weighted by molar-refractivity contribution is 5.41. The lowest BCUT2D eigenvalue weighted by atomic mass is 9.82. The van der Waals surface area contributed by atoms with Crippen molar-refractivity contribution in [2.75, 3.05) is 0 Å². The highest BCUT2D eigenvalue weighted by Gasteiger charge is 2.22. The van der Waals surface area contributed by atoms with Gasteiger partial charge in [0.05, 0.1) is 11.5 Å². The summed E-state index contributed by atoms with van der Waals surface area (Å²) in [6.45, 7) is 6.16. The van der Waals surface area contributed by atoms with Crippen LogP contribution in [0.1, 0.15) is 43.5 Å². The zero-order valence-electron chi connectivity index (χ0n) is 10.1. The second-order valence-corrected chi connectivity index (χ2v) is 4.65. The summed E-state index contributed by atoms with van der Waals surface area (Å²) in [4.78, 5) is 0. The summed E-state index contributed by atoms with van der Waals surface area (Å²) in [5.74, 6) is 0. The Morgan fingerprint density at radius 3 is 2.50 bits per heavy atom. The van der Waals surface area contributed by atoms with Gasteiger partial charge in [0, 0.05) is 12.6 Å². The summed E-state index contributed by atoms with van der Waals surface area (Å²) >= 11 is 0. The van der Waals surface area contributed by atoms with E-state index in [1.807, 2.05) is 39.0 Å². The molecule has 0 saturated carbocycles. The number of hydrogen-bond acceptors (Lipinski definition) is 3. The molecule has 16 heavy (non-hydrogen) atoms. The molecule has 0 spiro atoms. The fraction of sp³-hybridized carbons (Fsp3) is 0.462. The highest BCUT2D eigenvalue weighted by atomic mass is 14.6. The molecule has 1 atom stereocenters. The maximum absolute atomic E-state index is 9.13. The number of nitrogens with zero attached hydrogens (tertiary/aromatic N) is 1. The van der Waals surface area contributed by atoms with E-state index in [4.69, 9.17) is 16.7 Å². The first-order valence-electron chi connectivity index (χ1n) is 5.42. The van der Waals surface area contributed by atoms with Gasteiger partial charge in [0.2, 0.25) is 0 Å². The van der Waals surface area contributed by atoms with E-state index in [2.05, 4.69) is 6.07 Å². The van der Waals surface area contributed by atoms with Crippen molar-refractivity contribution in [1.82, 2.24) is 0 Å². The standard InChI is InChI=1S/C13H19N3/c1-9(16)10-4-5-12(11(6-10)7-14)13(2,3)8-15/h4-6,9H,7,14,16H2,1-3H3. The van der Waals surface area contributed by atoms with Gasteiger partial charge in [-0.2, -0.15) is 5.26 Å². The van der Waals surface area contributed by atoms with Crippen molar-refractivity contribution in [2.24, 2.45) is 11.5 Å². The lowest BCUT2D eigenvalue weighted by Gasteiger charge is -2.21. The van der Waals surface area contributed by atoms with Crippen LogP contribution in [0.25, 0.3) is 0 Å². The van der Waals surface area contributed by atoms with Gasteiger partial charge in [0.25, 0.3) is 0 Å². The van der Waals surface area contributed by atoms with Crippen LogP contribution in [0.15, 0.2) is 18.2 Å². The first kappa shape index (κ1) is 12.7. The summed E-state index contributed by atoms with van der Waals surface area (Å²) in [7, 11) is 0. The van der Waals surface area contributed by atoms with E-state index in [9.17, 15) is 0 Å². The molecular weight excluding hydrogens is 198 g/mol. The number of hydrogen-bond donors (Lipinski definition) is 2. The molecule has 3 heteroatoms. The van der Waals surface area contributed by atoms with Crippen LogP contribution in [0.3, 0.4) is 0 Å². The van der Waals surface area contributed by atoms with Crippen molar-refractivity contribution in [2.45, 2.75) is 38.8 Å². The smallest absolute Gasteiger partial charge is 0.0769 e. The van der Waals surface area contributed by atoms with E-state index in [-0.39, 0.29) is 6.04 Å². The molecule has 0 aliphatic carbocycles. The third-order valence-electron chi connectivity index (χ3n) is 2.83. The second-order valence-electron chi connectivity index (χ2n) is 4.65. The molecule has 0 aliphatic heterocycles. The first-order valence-corrected chi connectivity index (χ1v) is 5.42. The fourth-order valence-electron chi connectivity index (χ4n) is 1.74. The van der Waals surface area contributed by atoms with Gasteiger partial charge < -0.3 is 11.5 Å². The Kier molecular flexibility index (Phi) is 3.69. The monoisotopic (exact) mass is 217 g/mol. The third-order valence-corrected chi connectivity index (χ3v) is 2.83. The summed E-state index contributed by atoms with van der Waals surface area (Å²) in [6, 6.07) is 8.22. The average molecular weight is 217 g/mol. The van der Waals surface area contributed by atoms with E-state index in [1.54, 1.807) is 0 Å². The van der Waals surface area contributed by atoms with Crippen LogP contribution < -0.4 is 11.5 Å². The van der Waals surface area contributed by atoms with Crippen LogP contribution in [-0.4, -0.2) is 0 Å². The molecule has 1 rings (SSSR count). The van der Waals surface area contributed by atoms with Gasteiger partial charge >= 0.3 is 0 Å². The molecule has 1 unspecified atom stereocenters. The van der Waals surface area contributed by atoms with E-state index in [1.165, 1.54) is 0 Å². The van der Waals surface area contributed by atoms with Crippen LogP contribution in [0, 0.1) is 11.3 Å². The Balaban J connectivity index is 3.29. The third kappa shape index (κ3) is 2.41. The number of nitrogens with two attached hydrogens (primary N) is 2. The van der Waals surface area contributed by atoms with Crippen LogP contribution in [0.4, 0.5) is 0 Å². The minimum absolute atomic E-state index is 0.00968. The largest absolute Gasteiger partial charge is 0.326 e. The molecule has 0 aliphatic rings. The maximum Gasteiger partial charge on any atom is 0.0769 e. The molecule has 3 nitrogen and oxygen atoms in total. The van der Waals surface area contributed by atoms with E-state index < -0.39 is 5.41 Å². The normalized spacial score (nSPS) is 13.2. The summed E-state index contributed by atoms with van der Waals surface area (Å²) in [5, 5.41) is 9.13. The topological polar surface area (TPSA) is 75.8 Å². The summed E-state index contributed by atoms with van der Waals surface area (Å²) in [5.41, 5.74) is 14.1. The van der Waals surface area contributed by atoms with E-state index in [0.717, 1.165) is 16.7 Å². The molecule has 0 saturated heterocycles. The SMILES string of the molecule is CC(N)c1ccc(C(C)(C)C#N)c(CN)c1. The van der Waals surface area contributed by atoms with Crippen molar-refractivity contribution in [3.05, 3.63) is 34.9 Å². The van der Waals surface area contributed by atoms with Gasteiger partial charge in [-0.1, -0.05) is 18.2 Å². The van der Waals surface area contributed by atoms with Gasteiger partial charge in [-0.05, 0) is 37.5 Å². The molecule has 0 radical (unpaired) electrons. The highest BCUT2D eigenvalue weighted by Crippen LogP contribution is 2.27. The molecule has 1 aromatic rings. The lowest BCUT2D eigenvalue weighted by molar-refractivity contribution is 0.673. The molecule has 0 fully saturated rings. The van der Waals surface area contributed by atoms with Crippen LogP contribution in [0.2, 0.25) is 0 Å². The van der Waals surface area contributed by atoms with E-state index in [0.29, 0.717) is 6.54 Å². The summed E-state index contributed by atoms with van der Waals surface area (Å²) in [6.07, 6.45) is 0. The quantitative estimate of drug-likeness (QED) is 0.812. The van der Waals surface area contributed by atoms with Gasteiger partial charge in [-0.3, -0.25) is 0 Å². The Bertz CT molecular complexity index is 414. The van der Waals surface area contributed by atoms with Gasteiger partial charge in [-0.15, -0.1) is 0 Å². The van der Waals surface area contributed by atoms with Gasteiger partial charge in [-0.25, -0.2) is 0 Å². The van der Waals surface area contributed by atoms with Gasteiger partial charge in [0.1, 0.15) is 0 Å². The fourth-order valence-corrected chi connectivity index (χ4v) is 1.74. The second kappa shape index (κ2) is 4.65. The van der Waals surface area contributed by atoms with Crippen molar-refractivity contribution in [3.8, 4) is 6.07 Å². The molecule has 0 aromatic heterocycles. The van der Waals surface area contributed by atoms with Gasteiger partial charge in [0.15, 0.2) is 0 Å². The molecule has 4 N–H and O–H groups in total. The maximum atomic E-state index is 9.13. The zero-order valence-corrected chi connectivity index (χ0v) is 10.1. The molecule has 1 aromatic carbocycles. The predicted molar refractivity (Wildman–Crippen MR) is 65.6 cm³/mol. The average Bonchev–Trinajstić information content (AvgIpc) is 2.28. The Morgan fingerprint density at radius 2 is 2.06 bits per heavy atom. The van der Waals surface area contributed by atoms with Crippen molar-refractivity contribution in [3.63, 3.8) is 0 Å². The van der Waals surface area contributed by atoms with Crippen molar-refractivity contribution >= 4 is 0 Å². The first-order chi connectivity index (χ1) is 7.42. The van der Waals surface area contributed by atoms with Crippen LogP contribution >= 0.6 is 0 Å². The Morgan fingerprint density at radius 1 is 1.44 bits per heavy atom. The number of rotatable bonds is 3. The Labute approximate surface area is 97.1 Å². The minimum atomic E-state index is -0.509. The molecule has 0 heterocycles. The predicted octanol–water partition coefficient (Wildman–Crippen LogP) is 1.97. The van der Waals surface area contributed by atoms with E-state index >= 15 is 0 Å².